The summed E-state index contributed by atoms with van der Waals surface area (Å²) in [5.74, 6) is -2.24. The fraction of sp³-hybridized carbons (Fsp3) is 0.200. The minimum atomic E-state index is -4.54. The van der Waals surface area contributed by atoms with E-state index >= 15 is 0 Å². The van der Waals surface area contributed by atoms with Crippen LogP contribution in [0.15, 0.2) is 59.9 Å². The SMILES string of the molecule is CCC(=O)C1=C(O)C(=O)N(c2ccc(C(F)(F)F)cc2)C1c1cccc(O)c1. The molecule has 1 unspecified atom stereocenters. The lowest BCUT2D eigenvalue weighted by molar-refractivity contribution is -0.137. The summed E-state index contributed by atoms with van der Waals surface area (Å²) in [6.45, 7) is 1.56. The first-order valence-corrected chi connectivity index (χ1v) is 8.41. The number of phenolic OH excluding ortho intramolecular Hbond substituents is 1. The van der Waals surface area contributed by atoms with Gasteiger partial charge in [-0.3, -0.25) is 14.5 Å². The average molecular weight is 391 g/mol. The van der Waals surface area contributed by atoms with E-state index in [0.29, 0.717) is 5.56 Å². The van der Waals surface area contributed by atoms with Crippen LogP contribution in [0.25, 0.3) is 0 Å². The molecule has 28 heavy (non-hydrogen) atoms. The molecule has 1 aliphatic rings. The number of carbonyl (C=O) groups excluding carboxylic acids is 2. The normalized spacial score (nSPS) is 17.4. The number of aromatic hydroxyl groups is 1. The summed E-state index contributed by atoms with van der Waals surface area (Å²) in [5.41, 5.74) is -0.622. The third kappa shape index (κ3) is 3.33. The summed E-state index contributed by atoms with van der Waals surface area (Å²) in [6.07, 6.45) is -4.52. The predicted octanol–water partition coefficient (Wildman–Crippen LogP) is 4.29. The molecule has 146 valence electrons. The van der Waals surface area contributed by atoms with Crippen LogP contribution in [0, 0.1) is 0 Å². The Bertz CT molecular complexity index is 964. The molecule has 0 saturated heterocycles. The highest BCUT2D eigenvalue weighted by Gasteiger charge is 2.44. The van der Waals surface area contributed by atoms with E-state index < -0.39 is 35.2 Å². The zero-order chi connectivity index (χ0) is 20.6. The smallest absolute Gasteiger partial charge is 0.416 e. The Balaban J connectivity index is 2.13. The third-order valence-electron chi connectivity index (χ3n) is 4.49. The van der Waals surface area contributed by atoms with E-state index in [1.807, 2.05) is 0 Å². The molecule has 0 bridgehead atoms. The summed E-state index contributed by atoms with van der Waals surface area (Å²) in [5, 5.41) is 20.1. The van der Waals surface area contributed by atoms with E-state index in [0.717, 1.165) is 29.2 Å². The van der Waals surface area contributed by atoms with Crippen LogP contribution in [-0.4, -0.2) is 21.9 Å². The molecule has 1 amide bonds. The number of rotatable bonds is 4. The van der Waals surface area contributed by atoms with Gasteiger partial charge in [-0.1, -0.05) is 19.1 Å². The minimum Gasteiger partial charge on any atom is -0.508 e. The Morgan fingerprint density at radius 1 is 1.11 bits per heavy atom. The van der Waals surface area contributed by atoms with E-state index in [1.54, 1.807) is 13.0 Å². The number of aliphatic hydroxyl groups excluding tert-OH is 1. The zero-order valence-electron chi connectivity index (χ0n) is 14.7. The van der Waals surface area contributed by atoms with Crippen molar-refractivity contribution in [3.8, 4) is 5.75 Å². The highest BCUT2D eigenvalue weighted by atomic mass is 19.4. The Hall–Kier alpha value is -3.29. The average Bonchev–Trinajstić information content (AvgIpc) is 2.92. The fourth-order valence-electron chi connectivity index (χ4n) is 3.17. The number of benzene rings is 2. The van der Waals surface area contributed by atoms with Crippen molar-refractivity contribution in [2.45, 2.75) is 25.6 Å². The second kappa shape index (κ2) is 7.03. The van der Waals surface area contributed by atoms with Gasteiger partial charge in [0.25, 0.3) is 5.91 Å². The van der Waals surface area contributed by atoms with Crippen molar-refractivity contribution >= 4 is 17.4 Å². The number of ketones is 1. The molecule has 5 nitrogen and oxygen atoms in total. The first kappa shape index (κ1) is 19.5. The summed E-state index contributed by atoms with van der Waals surface area (Å²) in [4.78, 5) is 26.1. The standard InChI is InChI=1S/C20H16F3NO4/c1-2-15(26)16-17(11-4-3-5-14(25)10-11)24(19(28)18(16)27)13-8-6-12(7-9-13)20(21,22)23/h3-10,17,25,27H,2H2,1H3. The first-order valence-electron chi connectivity index (χ1n) is 8.41. The number of phenols is 1. The van der Waals surface area contributed by atoms with Gasteiger partial charge in [-0.25, -0.2) is 0 Å². The quantitative estimate of drug-likeness (QED) is 0.815. The lowest BCUT2D eigenvalue weighted by atomic mass is 9.94. The molecule has 0 aliphatic carbocycles. The van der Waals surface area contributed by atoms with Crippen LogP contribution >= 0.6 is 0 Å². The van der Waals surface area contributed by atoms with E-state index in [1.165, 1.54) is 18.2 Å². The van der Waals surface area contributed by atoms with Gasteiger partial charge >= 0.3 is 6.18 Å². The van der Waals surface area contributed by atoms with Crippen molar-refractivity contribution in [3.63, 3.8) is 0 Å². The van der Waals surface area contributed by atoms with Crippen molar-refractivity contribution in [3.05, 3.63) is 71.0 Å². The molecule has 3 rings (SSSR count). The van der Waals surface area contributed by atoms with Crippen molar-refractivity contribution in [2.75, 3.05) is 4.90 Å². The van der Waals surface area contributed by atoms with Crippen molar-refractivity contribution in [1.82, 2.24) is 0 Å². The van der Waals surface area contributed by atoms with Gasteiger partial charge in [0.15, 0.2) is 11.5 Å². The molecule has 0 spiro atoms. The summed E-state index contributed by atoms with van der Waals surface area (Å²) in [7, 11) is 0. The number of Topliss-reactive ketones (excluding diaryl/α,β-unsaturated/α-hetero) is 1. The fourth-order valence-corrected chi connectivity index (χ4v) is 3.17. The summed E-state index contributed by atoms with van der Waals surface area (Å²) in [6, 6.07) is 8.55. The van der Waals surface area contributed by atoms with Gasteiger partial charge in [-0.2, -0.15) is 13.2 Å². The summed E-state index contributed by atoms with van der Waals surface area (Å²) >= 11 is 0. The molecule has 0 saturated carbocycles. The molecule has 1 heterocycles. The highest BCUT2D eigenvalue weighted by molar-refractivity contribution is 6.16. The molecule has 1 atom stereocenters. The molecule has 0 fully saturated rings. The zero-order valence-corrected chi connectivity index (χ0v) is 14.7. The second-order valence-corrected chi connectivity index (χ2v) is 6.26. The number of alkyl halides is 3. The van der Waals surface area contributed by atoms with Gasteiger partial charge in [0, 0.05) is 12.1 Å². The molecule has 8 heteroatoms. The van der Waals surface area contributed by atoms with Crippen LogP contribution in [-0.2, 0) is 15.8 Å². The van der Waals surface area contributed by atoms with E-state index in [2.05, 4.69) is 0 Å². The summed E-state index contributed by atoms with van der Waals surface area (Å²) < 4.78 is 38.5. The van der Waals surface area contributed by atoms with E-state index in [-0.39, 0.29) is 23.4 Å². The largest absolute Gasteiger partial charge is 0.508 e. The molecule has 2 N–H and O–H groups in total. The van der Waals surface area contributed by atoms with Crippen LogP contribution in [0.1, 0.15) is 30.5 Å². The van der Waals surface area contributed by atoms with Crippen LogP contribution in [0.5, 0.6) is 5.75 Å². The minimum absolute atomic E-state index is 0.0167. The predicted molar refractivity (Wildman–Crippen MR) is 94.7 cm³/mol. The van der Waals surface area contributed by atoms with Crippen LogP contribution in [0.2, 0.25) is 0 Å². The monoisotopic (exact) mass is 391 g/mol. The molecular formula is C20H16F3NO4. The molecule has 2 aromatic carbocycles. The van der Waals surface area contributed by atoms with Gasteiger partial charge in [-0.05, 0) is 42.0 Å². The number of anilines is 1. The lowest BCUT2D eigenvalue weighted by Crippen LogP contribution is -2.31. The highest BCUT2D eigenvalue weighted by Crippen LogP contribution is 2.42. The molecule has 2 aromatic rings. The Kier molecular flexibility index (Phi) is 4.89. The lowest BCUT2D eigenvalue weighted by Gasteiger charge is -2.27. The van der Waals surface area contributed by atoms with E-state index in [4.69, 9.17) is 0 Å². The van der Waals surface area contributed by atoms with Crippen LogP contribution < -0.4 is 4.90 Å². The number of hydrogen-bond donors (Lipinski definition) is 2. The second-order valence-electron chi connectivity index (χ2n) is 6.26. The number of amides is 1. The van der Waals surface area contributed by atoms with Gasteiger partial charge < -0.3 is 10.2 Å². The maximum absolute atomic E-state index is 12.8. The Morgan fingerprint density at radius 2 is 1.75 bits per heavy atom. The Labute approximate surface area is 158 Å². The maximum Gasteiger partial charge on any atom is 0.416 e. The maximum atomic E-state index is 12.8. The van der Waals surface area contributed by atoms with Crippen LogP contribution in [0.3, 0.4) is 0 Å². The van der Waals surface area contributed by atoms with E-state index in [9.17, 15) is 33.0 Å². The third-order valence-corrected chi connectivity index (χ3v) is 4.49. The van der Waals surface area contributed by atoms with Gasteiger partial charge in [0.05, 0.1) is 17.2 Å². The first-order chi connectivity index (χ1) is 13.1. The van der Waals surface area contributed by atoms with Crippen molar-refractivity contribution < 1.29 is 33.0 Å². The number of nitrogens with zero attached hydrogens (tertiary/aromatic N) is 1. The number of hydrogen-bond acceptors (Lipinski definition) is 4. The number of carbonyl (C=O) groups is 2. The van der Waals surface area contributed by atoms with Gasteiger partial charge in [0.1, 0.15) is 5.75 Å². The topological polar surface area (TPSA) is 77.8 Å². The molecular weight excluding hydrogens is 375 g/mol. The van der Waals surface area contributed by atoms with Gasteiger partial charge in [0.2, 0.25) is 0 Å². The molecule has 0 radical (unpaired) electrons. The molecule has 1 aliphatic heterocycles. The van der Waals surface area contributed by atoms with Gasteiger partial charge in [-0.15, -0.1) is 0 Å². The number of halogens is 3. The van der Waals surface area contributed by atoms with Crippen molar-refractivity contribution in [1.29, 1.82) is 0 Å². The Morgan fingerprint density at radius 3 is 2.29 bits per heavy atom. The van der Waals surface area contributed by atoms with Crippen LogP contribution in [0.4, 0.5) is 18.9 Å². The number of aliphatic hydroxyl groups is 1. The van der Waals surface area contributed by atoms with Crippen molar-refractivity contribution in [2.24, 2.45) is 0 Å². The molecule has 0 aromatic heterocycles.